The van der Waals surface area contributed by atoms with E-state index in [1.807, 2.05) is 10.9 Å². The highest BCUT2D eigenvalue weighted by Crippen LogP contribution is 2.08. The smallest absolute Gasteiger partial charge is 0.0522 e. The Kier molecular flexibility index (Phi) is 6.22. The van der Waals surface area contributed by atoms with Gasteiger partial charge in [0.1, 0.15) is 0 Å². The fourth-order valence-corrected chi connectivity index (χ4v) is 1.97. The van der Waals surface area contributed by atoms with Crippen LogP contribution in [0.2, 0.25) is 0 Å². The molecule has 1 aromatic heterocycles. The monoisotopic (exact) mass is 239 g/mol. The molecule has 0 aliphatic carbocycles. The second kappa shape index (κ2) is 7.45. The van der Waals surface area contributed by atoms with Gasteiger partial charge in [-0.2, -0.15) is 5.10 Å². The van der Waals surface area contributed by atoms with Gasteiger partial charge in [0, 0.05) is 31.9 Å². The summed E-state index contributed by atoms with van der Waals surface area (Å²) in [5, 5.41) is 16.8. The molecule has 4 heteroatoms. The third-order valence-corrected chi connectivity index (χ3v) is 3.03. The van der Waals surface area contributed by atoms with Crippen molar-refractivity contribution < 1.29 is 5.11 Å². The first kappa shape index (κ1) is 14.2. The van der Waals surface area contributed by atoms with Crippen LogP contribution in [0.3, 0.4) is 0 Å². The Morgan fingerprint density at radius 3 is 2.82 bits per heavy atom. The summed E-state index contributed by atoms with van der Waals surface area (Å²) >= 11 is 0. The summed E-state index contributed by atoms with van der Waals surface area (Å²) < 4.78 is 2.04. The van der Waals surface area contributed by atoms with Crippen molar-refractivity contribution in [2.24, 2.45) is 5.92 Å². The van der Waals surface area contributed by atoms with Crippen molar-refractivity contribution in [3.8, 4) is 0 Å². The molecule has 0 aromatic carbocycles. The minimum absolute atomic E-state index is 0.240. The van der Waals surface area contributed by atoms with E-state index in [0.717, 1.165) is 25.9 Å². The van der Waals surface area contributed by atoms with Gasteiger partial charge in [0.05, 0.1) is 5.69 Å². The summed E-state index contributed by atoms with van der Waals surface area (Å²) in [6.07, 6.45) is 3.75. The van der Waals surface area contributed by atoms with Gasteiger partial charge in [-0.3, -0.25) is 4.68 Å². The van der Waals surface area contributed by atoms with Crippen molar-refractivity contribution in [3.05, 3.63) is 18.0 Å². The molecule has 1 unspecified atom stereocenters. The molecule has 1 heterocycles. The summed E-state index contributed by atoms with van der Waals surface area (Å²) in [6.45, 7) is 8.54. The zero-order chi connectivity index (χ0) is 12.7. The van der Waals surface area contributed by atoms with Crippen LogP contribution in [0.1, 0.15) is 39.3 Å². The van der Waals surface area contributed by atoms with E-state index in [4.69, 9.17) is 5.11 Å². The molecule has 1 rings (SSSR count). The minimum atomic E-state index is 0.240. The SMILES string of the molecule is CCCn1nccc1CNC(CCO)C(C)C. The van der Waals surface area contributed by atoms with Gasteiger partial charge in [0.15, 0.2) is 0 Å². The van der Waals surface area contributed by atoms with Crippen molar-refractivity contribution in [3.63, 3.8) is 0 Å². The highest BCUT2D eigenvalue weighted by molar-refractivity contribution is 5.00. The summed E-state index contributed by atoms with van der Waals surface area (Å²) in [7, 11) is 0. The van der Waals surface area contributed by atoms with Gasteiger partial charge >= 0.3 is 0 Å². The van der Waals surface area contributed by atoms with Crippen LogP contribution in [0.4, 0.5) is 0 Å². The maximum absolute atomic E-state index is 9.02. The molecular weight excluding hydrogens is 214 g/mol. The Balaban J connectivity index is 2.49. The van der Waals surface area contributed by atoms with E-state index in [1.165, 1.54) is 5.69 Å². The van der Waals surface area contributed by atoms with Crippen LogP contribution in [0.5, 0.6) is 0 Å². The Morgan fingerprint density at radius 1 is 1.47 bits per heavy atom. The van der Waals surface area contributed by atoms with Crippen LogP contribution >= 0.6 is 0 Å². The molecule has 0 amide bonds. The largest absolute Gasteiger partial charge is 0.396 e. The van der Waals surface area contributed by atoms with E-state index in [-0.39, 0.29) is 6.61 Å². The van der Waals surface area contributed by atoms with Crippen molar-refractivity contribution in [2.75, 3.05) is 6.61 Å². The molecule has 1 aromatic rings. The van der Waals surface area contributed by atoms with Crippen molar-refractivity contribution >= 4 is 0 Å². The van der Waals surface area contributed by atoms with Crippen LogP contribution in [0.15, 0.2) is 12.3 Å². The molecule has 0 radical (unpaired) electrons. The standard InChI is InChI=1S/C13H25N3O/c1-4-8-16-12(5-7-15-16)10-14-13(6-9-17)11(2)3/h5,7,11,13-14,17H,4,6,8-10H2,1-3H3. The lowest BCUT2D eigenvalue weighted by Crippen LogP contribution is -2.34. The molecule has 98 valence electrons. The summed E-state index contributed by atoms with van der Waals surface area (Å²) in [5.74, 6) is 0.532. The molecule has 0 bridgehead atoms. The molecule has 2 N–H and O–H groups in total. The van der Waals surface area contributed by atoms with Gasteiger partial charge in [-0.15, -0.1) is 0 Å². The van der Waals surface area contributed by atoms with E-state index in [9.17, 15) is 0 Å². The molecule has 0 fully saturated rings. The van der Waals surface area contributed by atoms with Gasteiger partial charge in [0.25, 0.3) is 0 Å². The van der Waals surface area contributed by atoms with Crippen LogP contribution in [-0.4, -0.2) is 27.5 Å². The summed E-state index contributed by atoms with van der Waals surface area (Å²) in [5.41, 5.74) is 1.22. The molecule has 0 saturated carbocycles. The highest BCUT2D eigenvalue weighted by Gasteiger charge is 2.12. The molecule has 0 spiro atoms. The molecular formula is C13H25N3O. The Labute approximate surface area is 104 Å². The topological polar surface area (TPSA) is 50.1 Å². The van der Waals surface area contributed by atoms with Crippen LogP contribution in [0, 0.1) is 5.92 Å². The fourth-order valence-electron chi connectivity index (χ4n) is 1.97. The van der Waals surface area contributed by atoms with E-state index in [2.05, 4.69) is 37.3 Å². The van der Waals surface area contributed by atoms with Gasteiger partial charge in [-0.05, 0) is 24.8 Å². The molecule has 1 atom stereocenters. The predicted molar refractivity (Wildman–Crippen MR) is 69.7 cm³/mol. The fraction of sp³-hybridized carbons (Fsp3) is 0.769. The number of nitrogens with one attached hydrogen (secondary N) is 1. The van der Waals surface area contributed by atoms with Crippen LogP contribution in [0.25, 0.3) is 0 Å². The molecule has 0 aliphatic rings. The lowest BCUT2D eigenvalue weighted by atomic mass is 10.0. The summed E-state index contributed by atoms with van der Waals surface area (Å²) in [4.78, 5) is 0. The molecule has 0 aliphatic heterocycles. The van der Waals surface area contributed by atoms with Crippen LogP contribution in [-0.2, 0) is 13.1 Å². The van der Waals surface area contributed by atoms with Crippen molar-refractivity contribution in [1.82, 2.24) is 15.1 Å². The predicted octanol–water partition coefficient (Wildman–Crippen LogP) is 1.79. The number of nitrogens with zero attached hydrogens (tertiary/aromatic N) is 2. The first-order valence-electron chi connectivity index (χ1n) is 6.54. The molecule has 0 saturated heterocycles. The van der Waals surface area contributed by atoms with E-state index >= 15 is 0 Å². The second-order valence-corrected chi connectivity index (χ2v) is 4.79. The number of aromatic nitrogens is 2. The number of hydrogen-bond acceptors (Lipinski definition) is 3. The van der Waals surface area contributed by atoms with Crippen molar-refractivity contribution in [2.45, 2.75) is 52.7 Å². The quantitative estimate of drug-likeness (QED) is 0.727. The van der Waals surface area contributed by atoms with Crippen LogP contribution < -0.4 is 5.32 Å². The normalized spacial score (nSPS) is 13.2. The lowest BCUT2D eigenvalue weighted by molar-refractivity contribution is 0.243. The lowest BCUT2D eigenvalue weighted by Gasteiger charge is -2.21. The van der Waals surface area contributed by atoms with E-state index in [1.54, 1.807) is 0 Å². The van der Waals surface area contributed by atoms with E-state index < -0.39 is 0 Å². The number of aliphatic hydroxyl groups excluding tert-OH is 1. The number of rotatable bonds is 8. The second-order valence-electron chi connectivity index (χ2n) is 4.79. The third-order valence-electron chi connectivity index (χ3n) is 3.03. The summed E-state index contributed by atoms with van der Waals surface area (Å²) in [6, 6.07) is 2.42. The number of aliphatic hydroxyl groups is 1. The minimum Gasteiger partial charge on any atom is -0.396 e. The average molecular weight is 239 g/mol. The van der Waals surface area contributed by atoms with Gasteiger partial charge < -0.3 is 10.4 Å². The molecule has 17 heavy (non-hydrogen) atoms. The van der Waals surface area contributed by atoms with E-state index in [0.29, 0.717) is 12.0 Å². The van der Waals surface area contributed by atoms with Gasteiger partial charge in [0.2, 0.25) is 0 Å². The van der Waals surface area contributed by atoms with Crippen molar-refractivity contribution in [1.29, 1.82) is 0 Å². The maximum Gasteiger partial charge on any atom is 0.0522 e. The first-order chi connectivity index (χ1) is 8.19. The Morgan fingerprint density at radius 2 is 2.24 bits per heavy atom. The first-order valence-corrected chi connectivity index (χ1v) is 6.54. The number of aryl methyl sites for hydroxylation is 1. The molecule has 4 nitrogen and oxygen atoms in total. The average Bonchev–Trinajstić information content (AvgIpc) is 2.72. The Bertz CT molecular complexity index is 309. The van der Waals surface area contributed by atoms with Gasteiger partial charge in [-0.25, -0.2) is 0 Å². The zero-order valence-electron chi connectivity index (χ0n) is 11.2. The Hall–Kier alpha value is -0.870. The third kappa shape index (κ3) is 4.48. The highest BCUT2D eigenvalue weighted by atomic mass is 16.3. The maximum atomic E-state index is 9.02. The zero-order valence-corrected chi connectivity index (χ0v) is 11.2. The van der Waals surface area contributed by atoms with Gasteiger partial charge in [-0.1, -0.05) is 20.8 Å². The number of hydrogen-bond donors (Lipinski definition) is 2.